The highest BCUT2D eigenvalue weighted by Gasteiger charge is 2.24. The van der Waals surface area contributed by atoms with Crippen molar-refractivity contribution >= 4 is 38.6 Å². The van der Waals surface area contributed by atoms with Gasteiger partial charge in [0.05, 0.1) is 24.7 Å². The van der Waals surface area contributed by atoms with Gasteiger partial charge in [0.2, 0.25) is 10.0 Å². The zero-order chi connectivity index (χ0) is 15.2. The Labute approximate surface area is 124 Å². The lowest BCUT2D eigenvalue weighted by atomic mass is 10.6. The third kappa shape index (κ3) is 4.96. The summed E-state index contributed by atoms with van der Waals surface area (Å²) in [7, 11) is -2.29. The first-order valence-electron chi connectivity index (χ1n) is 5.38. The van der Waals surface area contributed by atoms with E-state index in [0.717, 1.165) is 6.07 Å². The normalized spacial score (nSPS) is 11.7. The number of halogens is 1. The van der Waals surface area contributed by atoms with Gasteiger partial charge in [-0.3, -0.25) is 10.1 Å². The second kappa shape index (κ2) is 7.86. The summed E-state index contributed by atoms with van der Waals surface area (Å²) in [6.45, 7) is 0.993. The molecule has 0 saturated carbocycles. The fraction of sp³-hybridized carbons (Fsp3) is 0.556. The third-order valence-corrected chi connectivity index (χ3v) is 5.35. The maximum atomic E-state index is 11.8. The molecule has 20 heavy (non-hydrogen) atoms. The standard InChI is InChI=1S/C9H13ClN2O6S2/c1-17-4-5-18-3-2-11-20(15,16)8-6-7(12(13)14)9(10)19-8/h6,11H,2-5H2,1H3. The first kappa shape index (κ1) is 17.3. The van der Waals surface area contributed by atoms with E-state index in [1.807, 2.05) is 0 Å². The Morgan fingerprint density at radius 2 is 2.15 bits per heavy atom. The number of hydrogen-bond donors (Lipinski definition) is 1. The van der Waals surface area contributed by atoms with Crippen molar-refractivity contribution in [1.29, 1.82) is 0 Å². The van der Waals surface area contributed by atoms with Gasteiger partial charge in [0.15, 0.2) is 4.34 Å². The number of sulfonamides is 1. The molecule has 8 nitrogen and oxygen atoms in total. The molecule has 0 fully saturated rings. The topological polar surface area (TPSA) is 108 Å². The van der Waals surface area contributed by atoms with E-state index in [9.17, 15) is 18.5 Å². The van der Waals surface area contributed by atoms with Gasteiger partial charge in [0, 0.05) is 19.7 Å². The van der Waals surface area contributed by atoms with Crippen LogP contribution in [0.4, 0.5) is 5.69 Å². The number of rotatable bonds is 9. The molecular weight excluding hydrogens is 332 g/mol. The number of nitrogens with zero attached hydrogens (tertiary/aromatic N) is 1. The molecule has 0 spiro atoms. The predicted molar refractivity (Wildman–Crippen MR) is 73.9 cm³/mol. The van der Waals surface area contributed by atoms with Crippen molar-refractivity contribution < 1.29 is 22.8 Å². The molecule has 1 N–H and O–H groups in total. The van der Waals surface area contributed by atoms with Crippen molar-refractivity contribution in [2.24, 2.45) is 0 Å². The van der Waals surface area contributed by atoms with Gasteiger partial charge in [-0.05, 0) is 0 Å². The highest BCUT2D eigenvalue weighted by atomic mass is 35.5. The summed E-state index contributed by atoms with van der Waals surface area (Å²) < 4.78 is 35.4. The maximum absolute atomic E-state index is 11.8. The zero-order valence-electron chi connectivity index (χ0n) is 10.5. The molecule has 0 saturated heterocycles. The van der Waals surface area contributed by atoms with Gasteiger partial charge >= 0.3 is 0 Å². The van der Waals surface area contributed by atoms with Crippen LogP contribution >= 0.6 is 22.9 Å². The van der Waals surface area contributed by atoms with Gasteiger partial charge in [-0.15, -0.1) is 11.3 Å². The second-order valence-corrected chi connectivity index (χ2v) is 7.13. The van der Waals surface area contributed by atoms with E-state index in [1.54, 1.807) is 0 Å². The predicted octanol–water partition coefficient (Wildman–Crippen LogP) is 1.25. The number of nitro groups is 1. The Balaban J connectivity index is 2.56. The molecule has 0 amide bonds. The molecule has 1 heterocycles. The largest absolute Gasteiger partial charge is 0.382 e. The van der Waals surface area contributed by atoms with E-state index in [1.165, 1.54) is 7.11 Å². The fourth-order valence-electron chi connectivity index (χ4n) is 1.16. The molecule has 1 aromatic rings. The summed E-state index contributed by atoms with van der Waals surface area (Å²) >= 11 is 6.24. The summed E-state index contributed by atoms with van der Waals surface area (Å²) in [5, 5.41) is 10.6. The van der Waals surface area contributed by atoms with E-state index in [0.29, 0.717) is 24.6 Å². The van der Waals surface area contributed by atoms with E-state index in [4.69, 9.17) is 21.1 Å². The van der Waals surface area contributed by atoms with Gasteiger partial charge in [-0.25, -0.2) is 13.1 Å². The summed E-state index contributed by atoms with van der Waals surface area (Å²) in [6, 6.07) is 0.932. The third-order valence-electron chi connectivity index (χ3n) is 2.08. The van der Waals surface area contributed by atoms with Crippen molar-refractivity contribution in [3.05, 3.63) is 20.5 Å². The first-order valence-corrected chi connectivity index (χ1v) is 8.06. The van der Waals surface area contributed by atoms with Crippen molar-refractivity contribution in [3.63, 3.8) is 0 Å². The zero-order valence-corrected chi connectivity index (χ0v) is 12.9. The second-order valence-electron chi connectivity index (χ2n) is 3.48. The Morgan fingerprint density at radius 1 is 1.45 bits per heavy atom. The summed E-state index contributed by atoms with van der Waals surface area (Å²) in [4.78, 5) is 9.87. The first-order chi connectivity index (χ1) is 9.38. The molecule has 11 heteroatoms. The smallest absolute Gasteiger partial charge is 0.300 e. The Hall–Kier alpha value is -0.780. The fourth-order valence-corrected chi connectivity index (χ4v) is 3.88. The molecule has 1 aromatic heterocycles. The van der Waals surface area contributed by atoms with Crippen molar-refractivity contribution in [2.45, 2.75) is 4.21 Å². The van der Waals surface area contributed by atoms with Crippen molar-refractivity contribution in [2.75, 3.05) is 33.5 Å². The number of hydrogen-bond acceptors (Lipinski definition) is 7. The molecule has 0 aliphatic heterocycles. The number of ether oxygens (including phenoxy) is 2. The Bertz CT molecular complexity index is 559. The van der Waals surface area contributed by atoms with Crippen molar-refractivity contribution in [1.82, 2.24) is 4.72 Å². The van der Waals surface area contributed by atoms with E-state index < -0.39 is 20.6 Å². The number of thiophene rings is 1. The highest BCUT2D eigenvalue weighted by Crippen LogP contribution is 2.35. The van der Waals surface area contributed by atoms with Crippen LogP contribution in [-0.4, -0.2) is 46.8 Å². The van der Waals surface area contributed by atoms with Gasteiger partial charge in [-0.1, -0.05) is 11.6 Å². The van der Waals surface area contributed by atoms with E-state index in [-0.39, 0.29) is 21.7 Å². The van der Waals surface area contributed by atoms with Gasteiger partial charge < -0.3 is 9.47 Å². The highest BCUT2D eigenvalue weighted by molar-refractivity contribution is 7.91. The molecule has 0 aromatic carbocycles. The minimum absolute atomic E-state index is 0.0510. The lowest BCUT2D eigenvalue weighted by molar-refractivity contribution is -0.384. The van der Waals surface area contributed by atoms with Crippen LogP contribution in [0.5, 0.6) is 0 Å². The molecule has 1 rings (SSSR count). The monoisotopic (exact) mass is 344 g/mol. The number of nitrogens with one attached hydrogen (secondary N) is 1. The van der Waals surface area contributed by atoms with Crippen molar-refractivity contribution in [3.8, 4) is 0 Å². The number of methoxy groups -OCH3 is 1. The van der Waals surface area contributed by atoms with Crippen LogP contribution in [0.2, 0.25) is 4.34 Å². The van der Waals surface area contributed by atoms with Crippen LogP contribution in [0.3, 0.4) is 0 Å². The minimum Gasteiger partial charge on any atom is -0.382 e. The molecule has 0 aliphatic rings. The van der Waals surface area contributed by atoms with Crippen LogP contribution in [0.1, 0.15) is 0 Å². The van der Waals surface area contributed by atoms with Crippen LogP contribution < -0.4 is 4.72 Å². The van der Waals surface area contributed by atoms with E-state index in [2.05, 4.69) is 4.72 Å². The molecule has 114 valence electrons. The Morgan fingerprint density at radius 3 is 2.70 bits per heavy atom. The van der Waals surface area contributed by atoms with Crippen LogP contribution in [0.15, 0.2) is 10.3 Å². The lowest BCUT2D eigenvalue weighted by Crippen LogP contribution is -2.27. The average molecular weight is 345 g/mol. The van der Waals surface area contributed by atoms with Gasteiger partial charge in [0.1, 0.15) is 4.21 Å². The minimum atomic E-state index is -3.82. The van der Waals surface area contributed by atoms with Crippen LogP contribution in [0, 0.1) is 10.1 Å². The molecule has 0 aliphatic carbocycles. The molecule has 0 radical (unpaired) electrons. The quantitative estimate of drug-likeness (QED) is 0.410. The van der Waals surface area contributed by atoms with Gasteiger partial charge in [0.25, 0.3) is 5.69 Å². The summed E-state index contributed by atoms with van der Waals surface area (Å²) in [6.07, 6.45) is 0. The molecule has 0 atom stereocenters. The SMILES string of the molecule is COCCOCCNS(=O)(=O)c1cc([N+](=O)[O-])c(Cl)s1. The average Bonchev–Trinajstić information content (AvgIpc) is 2.76. The molecule has 0 bridgehead atoms. The molecular formula is C9H13ClN2O6S2. The lowest BCUT2D eigenvalue weighted by Gasteiger charge is -2.05. The van der Waals surface area contributed by atoms with E-state index >= 15 is 0 Å². The summed E-state index contributed by atoms with van der Waals surface area (Å²) in [5.74, 6) is 0. The van der Waals surface area contributed by atoms with Crippen LogP contribution in [0.25, 0.3) is 0 Å². The Kier molecular flexibility index (Phi) is 6.79. The maximum Gasteiger partial charge on any atom is 0.300 e. The molecule has 0 unspecified atom stereocenters. The van der Waals surface area contributed by atoms with Crippen LogP contribution in [-0.2, 0) is 19.5 Å². The summed E-state index contributed by atoms with van der Waals surface area (Å²) in [5.41, 5.74) is -0.423. The van der Waals surface area contributed by atoms with Gasteiger partial charge in [-0.2, -0.15) is 0 Å².